The van der Waals surface area contributed by atoms with Crippen LogP contribution in [0, 0.1) is 0 Å². The molecule has 1 amide bonds. The van der Waals surface area contributed by atoms with Crippen molar-refractivity contribution in [3.8, 4) is 17.2 Å². The molecular formula is C22H24N2O5. The average Bonchev–Trinajstić information content (AvgIpc) is 2.70. The lowest BCUT2D eigenvalue weighted by atomic mass is 10.1. The van der Waals surface area contributed by atoms with E-state index in [1.54, 1.807) is 24.3 Å². The third-order valence-electron chi connectivity index (χ3n) is 4.43. The Balaban J connectivity index is 1.71. The quantitative estimate of drug-likeness (QED) is 0.543. The van der Waals surface area contributed by atoms with Gasteiger partial charge >= 0.3 is 0 Å². The molecule has 0 spiro atoms. The molecule has 0 aliphatic heterocycles. The first kappa shape index (κ1) is 20.3. The van der Waals surface area contributed by atoms with Crippen LogP contribution < -0.4 is 20.3 Å². The maximum absolute atomic E-state index is 12.5. The number of nitrogens with one attached hydrogen (secondary N) is 2. The van der Waals surface area contributed by atoms with Crippen molar-refractivity contribution in [1.82, 2.24) is 10.3 Å². The van der Waals surface area contributed by atoms with E-state index in [1.165, 1.54) is 0 Å². The number of H-pyrrole nitrogens is 1. The van der Waals surface area contributed by atoms with E-state index in [1.807, 2.05) is 32.0 Å². The van der Waals surface area contributed by atoms with Crippen LogP contribution in [0.15, 0.2) is 47.3 Å². The van der Waals surface area contributed by atoms with Crippen molar-refractivity contribution in [3.05, 3.63) is 63.9 Å². The molecule has 0 fully saturated rings. The Morgan fingerprint density at radius 3 is 2.55 bits per heavy atom. The number of rotatable bonds is 8. The zero-order valence-corrected chi connectivity index (χ0v) is 16.5. The van der Waals surface area contributed by atoms with Crippen molar-refractivity contribution >= 4 is 16.8 Å². The van der Waals surface area contributed by atoms with Crippen LogP contribution in [0.4, 0.5) is 0 Å². The van der Waals surface area contributed by atoms with E-state index in [9.17, 15) is 14.7 Å². The number of hydrogen-bond acceptors (Lipinski definition) is 5. The molecule has 7 nitrogen and oxygen atoms in total. The second kappa shape index (κ2) is 9.14. The summed E-state index contributed by atoms with van der Waals surface area (Å²) in [4.78, 5) is 27.4. The van der Waals surface area contributed by atoms with Crippen molar-refractivity contribution in [2.24, 2.45) is 0 Å². The number of aromatic hydroxyl groups is 1. The Morgan fingerprint density at radius 2 is 1.79 bits per heavy atom. The van der Waals surface area contributed by atoms with Crippen LogP contribution in [0.1, 0.15) is 29.8 Å². The number of fused-ring (bicyclic) bond motifs is 1. The van der Waals surface area contributed by atoms with Gasteiger partial charge in [-0.1, -0.05) is 18.2 Å². The summed E-state index contributed by atoms with van der Waals surface area (Å²) in [7, 11) is 0. The molecular weight excluding hydrogens is 372 g/mol. The Bertz CT molecular complexity index is 1070. The molecule has 7 heteroatoms. The van der Waals surface area contributed by atoms with Gasteiger partial charge in [0.15, 0.2) is 11.5 Å². The number of pyridine rings is 1. The van der Waals surface area contributed by atoms with Crippen molar-refractivity contribution in [2.75, 3.05) is 19.8 Å². The average molecular weight is 396 g/mol. The van der Waals surface area contributed by atoms with Gasteiger partial charge in [-0.2, -0.15) is 0 Å². The Morgan fingerprint density at radius 1 is 1.07 bits per heavy atom. The molecule has 3 N–H and O–H groups in total. The Kier molecular flexibility index (Phi) is 6.39. The number of hydrogen-bond donors (Lipinski definition) is 3. The highest BCUT2D eigenvalue weighted by molar-refractivity contribution is 6.02. The fraction of sp³-hybridized carbons (Fsp3) is 0.273. The number of carbonyl (C=O) groups is 1. The topological polar surface area (TPSA) is 101 Å². The van der Waals surface area contributed by atoms with Gasteiger partial charge in [0.25, 0.3) is 11.5 Å². The van der Waals surface area contributed by atoms with Crippen molar-refractivity contribution < 1.29 is 19.4 Å². The molecule has 1 aromatic heterocycles. The van der Waals surface area contributed by atoms with Gasteiger partial charge in [-0.05, 0) is 50.1 Å². The van der Waals surface area contributed by atoms with E-state index in [0.717, 1.165) is 5.56 Å². The first-order valence-electron chi connectivity index (χ1n) is 9.55. The van der Waals surface area contributed by atoms with E-state index >= 15 is 0 Å². The molecule has 0 radical (unpaired) electrons. The maximum Gasteiger partial charge on any atom is 0.265 e. The van der Waals surface area contributed by atoms with Gasteiger partial charge in [0.2, 0.25) is 0 Å². The number of carbonyl (C=O) groups excluding carboxylic acids is 1. The van der Waals surface area contributed by atoms with Crippen LogP contribution in [0.3, 0.4) is 0 Å². The number of para-hydroxylation sites is 1. The number of aromatic amines is 1. The predicted octanol–water partition coefficient (Wildman–Crippen LogP) is 3.00. The van der Waals surface area contributed by atoms with Crippen molar-refractivity contribution in [3.63, 3.8) is 0 Å². The van der Waals surface area contributed by atoms with E-state index in [-0.39, 0.29) is 11.3 Å². The second-order valence-corrected chi connectivity index (χ2v) is 6.38. The predicted molar refractivity (Wildman–Crippen MR) is 111 cm³/mol. The summed E-state index contributed by atoms with van der Waals surface area (Å²) < 4.78 is 11.2. The first-order valence-corrected chi connectivity index (χ1v) is 9.55. The Hall–Kier alpha value is -3.48. The molecule has 0 aliphatic rings. The monoisotopic (exact) mass is 396 g/mol. The van der Waals surface area contributed by atoms with E-state index in [4.69, 9.17) is 9.47 Å². The normalized spacial score (nSPS) is 10.7. The third-order valence-corrected chi connectivity index (χ3v) is 4.43. The van der Waals surface area contributed by atoms with Gasteiger partial charge in [-0.3, -0.25) is 9.59 Å². The number of ether oxygens (including phenoxy) is 2. The zero-order valence-electron chi connectivity index (χ0n) is 16.5. The SMILES string of the molecule is CCOc1ccc(CCNC(=O)c2c(O)c3ccccc3[nH]c2=O)cc1OCC. The highest BCUT2D eigenvalue weighted by Crippen LogP contribution is 2.29. The van der Waals surface area contributed by atoms with Gasteiger partial charge in [0.1, 0.15) is 11.3 Å². The van der Waals surface area contributed by atoms with Crippen molar-refractivity contribution in [2.45, 2.75) is 20.3 Å². The van der Waals surface area contributed by atoms with Crippen LogP contribution in [-0.4, -0.2) is 35.8 Å². The largest absolute Gasteiger partial charge is 0.506 e. The molecule has 3 aromatic rings. The van der Waals surface area contributed by atoms with Gasteiger partial charge in [-0.15, -0.1) is 0 Å². The summed E-state index contributed by atoms with van der Waals surface area (Å²) in [5.74, 6) is 0.392. The molecule has 1 heterocycles. The summed E-state index contributed by atoms with van der Waals surface area (Å²) in [6, 6.07) is 12.4. The fourth-order valence-corrected chi connectivity index (χ4v) is 3.10. The van der Waals surface area contributed by atoms with Crippen LogP contribution in [-0.2, 0) is 6.42 Å². The van der Waals surface area contributed by atoms with Crippen LogP contribution >= 0.6 is 0 Å². The molecule has 0 bridgehead atoms. The highest BCUT2D eigenvalue weighted by atomic mass is 16.5. The minimum absolute atomic E-state index is 0.287. The molecule has 0 unspecified atom stereocenters. The molecule has 0 saturated heterocycles. The molecule has 152 valence electrons. The summed E-state index contributed by atoms with van der Waals surface area (Å²) in [6.07, 6.45) is 0.532. The zero-order chi connectivity index (χ0) is 20.8. The number of aromatic nitrogens is 1. The molecule has 0 aliphatic carbocycles. The third kappa shape index (κ3) is 4.51. The minimum Gasteiger partial charge on any atom is -0.506 e. The van der Waals surface area contributed by atoms with E-state index < -0.39 is 11.5 Å². The second-order valence-electron chi connectivity index (χ2n) is 6.38. The van der Waals surface area contributed by atoms with Crippen LogP contribution in [0.2, 0.25) is 0 Å². The lowest BCUT2D eigenvalue weighted by molar-refractivity contribution is 0.0950. The molecule has 3 rings (SSSR count). The molecule has 0 saturated carbocycles. The van der Waals surface area contributed by atoms with Gasteiger partial charge in [0.05, 0.1) is 18.7 Å². The van der Waals surface area contributed by atoms with E-state index in [0.29, 0.717) is 48.6 Å². The highest BCUT2D eigenvalue weighted by Gasteiger charge is 2.18. The van der Waals surface area contributed by atoms with Gasteiger partial charge < -0.3 is 24.9 Å². The van der Waals surface area contributed by atoms with Gasteiger partial charge in [0, 0.05) is 11.9 Å². The summed E-state index contributed by atoms with van der Waals surface area (Å²) in [5.41, 5.74) is 0.516. The summed E-state index contributed by atoms with van der Waals surface area (Å²) >= 11 is 0. The fourth-order valence-electron chi connectivity index (χ4n) is 3.10. The smallest absolute Gasteiger partial charge is 0.265 e. The Labute approximate surface area is 168 Å². The van der Waals surface area contributed by atoms with Crippen molar-refractivity contribution in [1.29, 1.82) is 0 Å². The van der Waals surface area contributed by atoms with Crippen LogP contribution in [0.25, 0.3) is 10.9 Å². The lowest BCUT2D eigenvalue weighted by Gasteiger charge is -2.13. The summed E-state index contributed by atoms with van der Waals surface area (Å²) in [5, 5.41) is 13.5. The van der Waals surface area contributed by atoms with Crippen LogP contribution in [0.5, 0.6) is 17.2 Å². The summed E-state index contributed by atoms with van der Waals surface area (Å²) in [6.45, 7) is 5.16. The lowest BCUT2D eigenvalue weighted by Crippen LogP contribution is -2.31. The molecule has 2 aromatic carbocycles. The first-order chi connectivity index (χ1) is 14.0. The standard InChI is InChI=1S/C22H24N2O5/c1-3-28-17-10-9-14(13-18(17)29-4-2)11-12-23-21(26)19-20(25)15-7-5-6-8-16(15)24-22(19)27/h5-10,13H,3-4,11-12H2,1-2H3,(H,23,26)(H2,24,25,27). The maximum atomic E-state index is 12.5. The van der Waals surface area contributed by atoms with E-state index in [2.05, 4.69) is 10.3 Å². The number of benzene rings is 2. The molecule has 0 atom stereocenters. The minimum atomic E-state index is -0.626. The number of amides is 1. The molecule has 29 heavy (non-hydrogen) atoms. The van der Waals surface area contributed by atoms with Gasteiger partial charge in [-0.25, -0.2) is 0 Å².